The summed E-state index contributed by atoms with van der Waals surface area (Å²) in [4.78, 5) is 57.1. The topological polar surface area (TPSA) is 159 Å². The van der Waals surface area contributed by atoms with E-state index in [4.69, 9.17) is 4.42 Å². The number of H-pyrrole nitrogens is 1. The number of anilines is 1. The molecule has 4 N–H and O–H groups in total. The van der Waals surface area contributed by atoms with Crippen LogP contribution in [0, 0.1) is 5.92 Å². The fraction of sp³-hybridized carbons (Fsp3) is 0.171. The van der Waals surface area contributed by atoms with Crippen molar-refractivity contribution in [3.05, 3.63) is 137 Å². The third-order valence-electron chi connectivity index (χ3n) is 9.49. The minimum atomic E-state index is -0.410. The molecule has 4 aromatic heterocycles. The summed E-state index contributed by atoms with van der Waals surface area (Å²) in [6, 6.07) is 24.4. The number of hydrogen-bond acceptors (Lipinski definition) is 8. The van der Waals surface area contributed by atoms with Gasteiger partial charge in [0.25, 0.3) is 11.5 Å². The lowest BCUT2D eigenvalue weighted by atomic mass is 9.99. The number of allylic oxidation sites excluding steroid dienone is 1. The molecule has 1 aliphatic rings. The number of amides is 2. The van der Waals surface area contributed by atoms with Gasteiger partial charge in [-0.1, -0.05) is 49.4 Å². The number of hydrogen-bond donors (Lipinski definition) is 4. The zero-order valence-electron chi connectivity index (χ0n) is 28.9. The Bertz CT molecular complexity index is 2580. The second-order valence-electron chi connectivity index (χ2n) is 13.0. The van der Waals surface area contributed by atoms with Gasteiger partial charge in [0.2, 0.25) is 5.91 Å². The Balaban J connectivity index is 1.05. The van der Waals surface area contributed by atoms with Crippen LogP contribution >= 0.6 is 0 Å². The van der Waals surface area contributed by atoms with Crippen molar-refractivity contribution in [2.75, 3.05) is 5.32 Å². The second kappa shape index (κ2) is 14.4. The molecule has 1 aliphatic heterocycles. The minimum Gasteiger partial charge on any atom is -0.456 e. The molecule has 0 saturated carbocycles. The van der Waals surface area contributed by atoms with Crippen molar-refractivity contribution in [3.8, 4) is 11.4 Å². The van der Waals surface area contributed by atoms with E-state index in [-0.39, 0.29) is 36.5 Å². The highest BCUT2D eigenvalue weighted by molar-refractivity contribution is 6.07. The van der Waals surface area contributed by atoms with Crippen molar-refractivity contribution in [3.63, 3.8) is 0 Å². The molecular weight excluding hydrogens is 669 g/mol. The molecule has 2 amide bonds. The number of nitrogens with zero attached hydrogens (tertiary/aromatic N) is 4. The number of para-hydroxylation sites is 1. The van der Waals surface area contributed by atoms with Crippen molar-refractivity contribution in [2.45, 2.75) is 39.4 Å². The number of benzene rings is 3. The van der Waals surface area contributed by atoms with Gasteiger partial charge in [-0.3, -0.25) is 23.9 Å². The molecular formula is C41H36N8O4. The predicted octanol–water partition coefficient (Wildman–Crippen LogP) is 6.69. The molecule has 0 fully saturated rings. The molecule has 0 saturated heterocycles. The Morgan fingerprint density at radius 3 is 2.66 bits per heavy atom. The number of aromatic nitrogens is 4. The van der Waals surface area contributed by atoms with Crippen molar-refractivity contribution >= 4 is 56.2 Å². The first kappa shape index (κ1) is 33.3. The molecule has 0 radical (unpaired) electrons. The van der Waals surface area contributed by atoms with Crippen LogP contribution < -0.4 is 21.5 Å². The van der Waals surface area contributed by atoms with Gasteiger partial charge in [-0.15, -0.1) is 0 Å². The molecule has 53 heavy (non-hydrogen) atoms. The normalized spacial score (nSPS) is 14.1. The Hall–Kier alpha value is -6.82. The van der Waals surface area contributed by atoms with Crippen molar-refractivity contribution < 1.29 is 14.0 Å². The number of amidine groups is 1. The van der Waals surface area contributed by atoms with Crippen molar-refractivity contribution in [2.24, 2.45) is 10.9 Å². The highest BCUT2D eigenvalue weighted by Crippen LogP contribution is 2.29. The molecule has 1 unspecified atom stereocenters. The molecule has 264 valence electrons. The summed E-state index contributed by atoms with van der Waals surface area (Å²) in [7, 11) is 0. The number of aromatic amines is 1. The van der Waals surface area contributed by atoms with Crippen LogP contribution in [-0.4, -0.2) is 37.2 Å². The van der Waals surface area contributed by atoms with Crippen LogP contribution in [0.15, 0.2) is 124 Å². The van der Waals surface area contributed by atoms with Crippen LogP contribution in [0.4, 0.5) is 5.69 Å². The van der Waals surface area contributed by atoms with Crippen LogP contribution in [0.1, 0.15) is 41.4 Å². The van der Waals surface area contributed by atoms with E-state index in [0.717, 1.165) is 56.9 Å². The van der Waals surface area contributed by atoms with Crippen LogP contribution in [0.5, 0.6) is 0 Å². The summed E-state index contributed by atoms with van der Waals surface area (Å²) in [6.45, 7) is 2.36. The lowest BCUT2D eigenvalue weighted by molar-refractivity contribution is -0.121. The molecule has 0 aliphatic carbocycles. The predicted molar refractivity (Wildman–Crippen MR) is 205 cm³/mol. The summed E-state index contributed by atoms with van der Waals surface area (Å²) in [5.74, 6) is 0.448. The van der Waals surface area contributed by atoms with E-state index in [0.29, 0.717) is 29.3 Å². The molecule has 7 aromatic rings. The van der Waals surface area contributed by atoms with Crippen molar-refractivity contribution in [1.29, 1.82) is 0 Å². The number of carbonyl (C=O) groups is 2. The van der Waals surface area contributed by atoms with E-state index < -0.39 is 5.56 Å². The number of fused-ring (bicyclic) bond motifs is 4. The molecule has 0 spiro atoms. The van der Waals surface area contributed by atoms with Gasteiger partial charge in [0.05, 0.1) is 12.7 Å². The lowest BCUT2D eigenvalue weighted by Gasteiger charge is -2.19. The smallest absolute Gasteiger partial charge is 0.277 e. The zero-order chi connectivity index (χ0) is 36.3. The van der Waals surface area contributed by atoms with Crippen LogP contribution in [0.3, 0.4) is 0 Å². The summed E-state index contributed by atoms with van der Waals surface area (Å²) in [5.41, 5.74) is 5.09. The fourth-order valence-corrected chi connectivity index (χ4v) is 6.62. The summed E-state index contributed by atoms with van der Waals surface area (Å²) < 4.78 is 7.32. The monoisotopic (exact) mass is 704 g/mol. The standard InChI is InChI=1S/C41H36N8O4/c1-2-26-6-5-16-43-38(26)48-40(51)28-12-10-27(11-13-28)39-46-23-34(44-20-25-9-14-36-32(18-25)31-7-3-4-8-35(31)53-36)41(52)49(39)24-37(50)45-22-30-19-29-21-42-17-15-33(29)47-30/h3-5,7-19,21,23,26,44,47H,2,6,20,22,24H2,1H3,(H,45,50)(H,43,48,51). The molecule has 3 aromatic carbocycles. The van der Waals surface area contributed by atoms with E-state index in [1.807, 2.05) is 60.7 Å². The summed E-state index contributed by atoms with van der Waals surface area (Å²) in [6.07, 6.45) is 10.3. The first-order valence-corrected chi connectivity index (χ1v) is 17.5. The lowest BCUT2D eigenvalue weighted by Crippen LogP contribution is -2.36. The average molecular weight is 705 g/mol. The maximum Gasteiger partial charge on any atom is 0.277 e. The van der Waals surface area contributed by atoms with Crippen LogP contribution in [0.25, 0.3) is 44.2 Å². The minimum absolute atomic E-state index is 0.154. The fourth-order valence-electron chi connectivity index (χ4n) is 6.62. The second-order valence-corrected chi connectivity index (χ2v) is 13.0. The Morgan fingerprint density at radius 1 is 0.962 bits per heavy atom. The third-order valence-corrected chi connectivity index (χ3v) is 9.49. The number of pyridine rings is 1. The zero-order valence-corrected chi connectivity index (χ0v) is 28.9. The molecule has 0 bridgehead atoms. The van der Waals surface area contributed by atoms with E-state index in [2.05, 4.69) is 42.8 Å². The first-order valence-electron chi connectivity index (χ1n) is 17.5. The number of rotatable bonds is 10. The maximum atomic E-state index is 14.1. The highest BCUT2D eigenvalue weighted by Gasteiger charge is 2.20. The van der Waals surface area contributed by atoms with Crippen LogP contribution in [-0.2, 0) is 24.4 Å². The van der Waals surface area contributed by atoms with Gasteiger partial charge in [-0.25, -0.2) is 9.98 Å². The van der Waals surface area contributed by atoms with E-state index in [1.165, 1.54) is 10.8 Å². The largest absolute Gasteiger partial charge is 0.456 e. The molecule has 1 atom stereocenters. The van der Waals surface area contributed by atoms with E-state index >= 15 is 0 Å². The molecule has 5 heterocycles. The number of aliphatic imine (C=N–C) groups is 1. The molecule has 8 rings (SSSR count). The molecule has 12 heteroatoms. The number of nitrogens with one attached hydrogen (secondary N) is 4. The van der Waals surface area contributed by atoms with Crippen molar-refractivity contribution in [1.82, 2.24) is 30.2 Å². The highest BCUT2D eigenvalue weighted by atomic mass is 16.3. The third kappa shape index (κ3) is 6.94. The summed E-state index contributed by atoms with van der Waals surface area (Å²) >= 11 is 0. The number of carbonyl (C=O) groups excluding carboxylic acids is 2. The van der Waals surface area contributed by atoms with Gasteiger partial charge in [0.1, 0.15) is 35.1 Å². The number of furan rings is 1. The summed E-state index contributed by atoms with van der Waals surface area (Å²) in [5, 5.41) is 12.0. The van der Waals surface area contributed by atoms with Gasteiger partial charge in [-0.05, 0) is 60.9 Å². The van der Waals surface area contributed by atoms with Gasteiger partial charge < -0.3 is 25.4 Å². The Kier molecular flexibility index (Phi) is 9.07. The SMILES string of the molecule is CCC1CC=CN=C1NC(=O)c1ccc(-c2ncc(NCc3ccc4oc5ccccc5c4c3)c(=O)n2CC(=O)NCc2cc3cnccc3[nH]2)cc1. The average Bonchev–Trinajstić information content (AvgIpc) is 3.79. The van der Waals surface area contributed by atoms with Crippen LogP contribution in [0.2, 0.25) is 0 Å². The van der Waals surface area contributed by atoms with E-state index in [9.17, 15) is 14.4 Å². The van der Waals surface area contributed by atoms with Gasteiger partial charge in [-0.2, -0.15) is 0 Å². The van der Waals surface area contributed by atoms with Gasteiger partial charge >= 0.3 is 0 Å². The first-order chi connectivity index (χ1) is 25.9. The molecule has 12 nitrogen and oxygen atoms in total. The Morgan fingerprint density at radius 2 is 1.81 bits per heavy atom. The van der Waals surface area contributed by atoms with Gasteiger partial charge in [0, 0.05) is 69.6 Å². The Labute approximate surface area is 303 Å². The van der Waals surface area contributed by atoms with E-state index in [1.54, 1.807) is 42.9 Å². The quantitative estimate of drug-likeness (QED) is 0.124. The maximum absolute atomic E-state index is 14.1. The van der Waals surface area contributed by atoms with Gasteiger partial charge in [0.15, 0.2) is 0 Å².